The molecule has 17 heavy (non-hydrogen) atoms. The van der Waals surface area contributed by atoms with E-state index in [9.17, 15) is 4.79 Å². The quantitative estimate of drug-likeness (QED) is 0.705. The first-order valence-corrected chi connectivity index (χ1v) is 6.56. The van der Waals surface area contributed by atoms with E-state index in [-0.39, 0.29) is 11.6 Å². The van der Waals surface area contributed by atoms with E-state index in [0.717, 1.165) is 32.4 Å². The Kier molecular flexibility index (Phi) is 3.10. The van der Waals surface area contributed by atoms with Gasteiger partial charge in [-0.25, -0.2) is 4.79 Å². The van der Waals surface area contributed by atoms with Crippen LogP contribution in [0.25, 0.3) is 0 Å². The van der Waals surface area contributed by atoms with Crippen molar-refractivity contribution in [3.8, 4) is 0 Å². The molecule has 2 heterocycles. The molecule has 1 spiro atoms. The van der Waals surface area contributed by atoms with Gasteiger partial charge in [0.15, 0.2) is 0 Å². The summed E-state index contributed by atoms with van der Waals surface area (Å²) in [7, 11) is 0. The summed E-state index contributed by atoms with van der Waals surface area (Å²) in [6.45, 7) is 9.79. The van der Waals surface area contributed by atoms with Crippen LogP contribution in [-0.2, 0) is 4.74 Å². The molecule has 2 aliphatic rings. The Morgan fingerprint density at radius 3 is 2.59 bits per heavy atom. The Bertz CT molecular complexity index is 311. The third kappa shape index (κ3) is 2.57. The standard InChI is InChI=1S/C13H24N2O2/c1-10-9-13(5-7-14-10)6-8-15(13)11(16)17-12(2,3)4/h10,14H,5-9H2,1-4H3. The third-order valence-corrected chi connectivity index (χ3v) is 3.76. The van der Waals surface area contributed by atoms with E-state index in [1.54, 1.807) is 0 Å². The van der Waals surface area contributed by atoms with Crippen LogP contribution in [0.2, 0.25) is 0 Å². The molecule has 0 bridgehead atoms. The van der Waals surface area contributed by atoms with Gasteiger partial charge < -0.3 is 15.0 Å². The first-order chi connectivity index (χ1) is 7.82. The lowest BCUT2D eigenvalue weighted by molar-refractivity contribution is -0.0614. The van der Waals surface area contributed by atoms with E-state index < -0.39 is 5.60 Å². The minimum atomic E-state index is -0.396. The van der Waals surface area contributed by atoms with Crippen molar-refractivity contribution in [2.45, 2.75) is 64.1 Å². The number of nitrogens with zero attached hydrogens (tertiary/aromatic N) is 1. The molecule has 2 atom stereocenters. The summed E-state index contributed by atoms with van der Waals surface area (Å²) >= 11 is 0. The van der Waals surface area contributed by atoms with Crippen LogP contribution in [-0.4, -0.2) is 41.3 Å². The van der Waals surface area contributed by atoms with Crippen LogP contribution >= 0.6 is 0 Å². The maximum Gasteiger partial charge on any atom is 0.410 e. The molecule has 0 aliphatic carbocycles. The van der Waals surface area contributed by atoms with Gasteiger partial charge in [-0.05, 0) is 53.5 Å². The fourth-order valence-corrected chi connectivity index (χ4v) is 2.91. The summed E-state index contributed by atoms with van der Waals surface area (Å²) in [5.41, 5.74) is -0.320. The molecule has 0 aromatic carbocycles. The molecule has 2 rings (SSSR count). The highest BCUT2D eigenvalue weighted by Gasteiger charge is 2.50. The second-order valence-electron chi connectivity index (χ2n) is 6.42. The highest BCUT2D eigenvalue weighted by atomic mass is 16.6. The van der Waals surface area contributed by atoms with Crippen molar-refractivity contribution in [1.29, 1.82) is 0 Å². The fourth-order valence-electron chi connectivity index (χ4n) is 2.91. The predicted octanol–water partition coefficient (Wildman–Crippen LogP) is 2.14. The van der Waals surface area contributed by atoms with Gasteiger partial charge in [0.25, 0.3) is 0 Å². The van der Waals surface area contributed by atoms with E-state index in [0.29, 0.717) is 6.04 Å². The maximum absolute atomic E-state index is 12.1. The van der Waals surface area contributed by atoms with Gasteiger partial charge >= 0.3 is 6.09 Å². The van der Waals surface area contributed by atoms with Gasteiger partial charge in [-0.1, -0.05) is 0 Å². The van der Waals surface area contributed by atoms with Gasteiger partial charge in [-0.2, -0.15) is 0 Å². The number of piperidine rings is 1. The molecule has 2 aliphatic heterocycles. The predicted molar refractivity (Wildman–Crippen MR) is 67.0 cm³/mol. The minimum Gasteiger partial charge on any atom is -0.444 e. The first kappa shape index (κ1) is 12.7. The van der Waals surface area contributed by atoms with Crippen molar-refractivity contribution in [3.63, 3.8) is 0 Å². The molecule has 1 N–H and O–H groups in total. The van der Waals surface area contributed by atoms with Gasteiger partial charge in [-0.15, -0.1) is 0 Å². The molecule has 4 heteroatoms. The lowest BCUT2D eigenvalue weighted by Crippen LogP contribution is -2.67. The summed E-state index contributed by atoms with van der Waals surface area (Å²) in [6, 6.07) is 0.494. The normalized spacial score (nSPS) is 33.4. The average Bonchev–Trinajstić information content (AvgIpc) is 2.12. The number of carbonyl (C=O) groups is 1. The summed E-state index contributed by atoms with van der Waals surface area (Å²) in [5.74, 6) is 0. The molecular weight excluding hydrogens is 216 g/mol. The molecule has 0 radical (unpaired) electrons. The van der Waals surface area contributed by atoms with Gasteiger partial charge in [0, 0.05) is 12.6 Å². The number of carbonyl (C=O) groups excluding carboxylic acids is 1. The molecule has 1 amide bonds. The van der Waals surface area contributed by atoms with Crippen LogP contribution < -0.4 is 5.32 Å². The molecule has 2 fully saturated rings. The SMILES string of the molecule is CC1CC2(CCN1)CCN2C(=O)OC(C)(C)C. The fraction of sp³-hybridized carbons (Fsp3) is 0.923. The third-order valence-electron chi connectivity index (χ3n) is 3.76. The number of hydrogen-bond acceptors (Lipinski definition) is 3. The Morgan fingerprint density at radius 2 is 2.12 bits per heavy atom. The van der Waals surface area contributed by atoms with Crippen LogP contribution in [0.15, 0.2) is 0 Å². The Balaban J connectivity index is 2.00. The number of hydrogen-bond donors (Lipinski definition) is 1. The molecule has 0 aromatic rings. The highest BCUT2D eigenvalue weighted by molar-refractivity contribution is 5.70. The lowest BCUT2D eigenvalue weighted by atomic mass is 9.75. The zero-order chi connectivity index (χ0) is 12.7. The van der Waals surface area contributed by atoms with Crippen molar-refractivity contribution in [3.05, 3.63) is 0 Å². The van der Waals surface area contributed by atoms with Crippen molar-refractivity contribution >= 4 is 6.09 Å². The minimum absolute atomic E-state index is 0.0764. The zero-order valence-corrected chi connectivity index (χ0v) is 11.4. The van der Waals surface area contributed by atoms with E-state index in [4.69, 9.17) is 4.74 Å². The van der Waals surface area contributed by atoms with Crippen molar-refractivity contribution in [2.24, 2.45) is 0 Å². The molecular formula is C13H24N2O2. The van der Waals surface area contributed by atoms with Crippen LogP contribution in [0.3, 0.4) is 0 Å². The first-order valence-electron chi connectivity index (χ1n) is 6.56. The van der Waals surface area contributed by atoms with Crippen molar-refractivity contribution in [2.75, 3.05) is 13.1 Å². The largest absolute Gasteiger partial charge is 0.444 e. The summed E-state index contributed by atoms with van der Waals surface area (Å²) < 4.78 is 5.47. The van der Waals surface area contributed by atoms with Crippen LogP contribution in [0, 0.1) is 0 Å². The molecule has 2 saturated heterocycles. The second-order valence-corrected chi connectivity index (χ2v) is 6.42. The zero-order valence-electron chi connectivity index (χ0n) is 11.4. The number of rotatable bonds is 0. The summed E-state index contributed by atoms with van der Waals surface area (Å²) in [6.07, 6.45) is 3.08. The molecule has 98 valence electrons. The maximum atomic E-state index is 12.1. The van der Waals surface area contributed by atoms with Gasteiger partial charge in [0.05, 0.1) is 5.54 Å². The van der Waals surface area contributed by atoms with Crippen LogP contribution in [0.5, 0.6) is 0 Å². The topological polar surface area (TPSA) is 41.6 Å². The van der Waals surface area contributed by atoms with Crippen molar-refractivity contribution < 1.29 is 9.53 Å². The summed E-state index contributed by atoms with van der Waals surface area (Å²) in [5, 5.41) is 3.43. The van der Waals surface area contributed by atoms with Crippen molar-refractivity contribution in [1.82, 2.24) is 10.2 Å². The average molecular weight is 240 g/mol. The van der Waals surface area contributed by atoms with E-state index in [1.165, 1.54) is 0 Å². The number of amides is 1. The lowest BCUT2D eigenvalue weighted by Gasteiger charge is -2.55. The van der Waals surface area contributed by atoms with Crippen LogP contribution in [0.1, 0.15) is 47.0 Å². The molecule has 4 nitrogen and oxygen atoms in total. The second kappa shape index (κ2) is 4.16. The molecule has 0 aromatic heterocycles. The molecule has 2 unspecified atom stereocenters. The van der Waals surface area contributed by atoms with Gasteiger partial charge in [0.1, 0.15) is 5.60 Å². The van der Waals surface area contributed by atoms with Gasteiger partial charge in [0.2, 0.25) is 0 Å². The Labute approximate surface area is 104 Å². The highest BCUT2D eigenvalue weighted by Crippen LogP contribution is 2.40. The monoisotopic (exact) mass is 240 g/mol. The molecule has 0 saturated carbocycles. The number of likely N-dealkylation sites (tertiary alicyclic amines) is 1. The van der Waals surface area contributed by atoms with E-state index in [2.05, 4.69) is 12.2 Å². The Morgan fingerprint density at radius 1 is 1.41 bits per heavy atom. The van der Waals surface area contributed by atoms with Gasteiger partial charge in [-0.3, -0.25) is 0 Å². The number of ether oxygens (including phenoxy) is 1. The van der Waals surface area contributed by atoms with Crippen LogP contribution in [0.4, 0.5) is 4.79 Å². The van der Waals surface area contributed by atoms with E-state index >= 15 is 0 Å². The number of nitrogens with one attached hydrogen (secondary N) is 1. The van der Waals surface area contributed by atoms with E-state index in [1.807, 2.05) is 25.7 Å². The smallest absolute Gasteiger partial charge is 0.410 e. The summed E-state index contributed by atoms with van der Waals surface area (Å²) in [4.78, 5) is 14.0. The Hall–Kier alpha value is -0.770.